The molecule has 326 valence electrons. The highest BCUT2D eigenvalue weighted by Gasteiger charge is 2.46. The fraction of sp³-hybridized carbons (Fsp3) is 0.775. The molecule has 17 heteroatoms. The van der Waals surface area contributed by atoms with Gasteiger partial charge in [0.25, 0.3) is 0 Å². The van der Waals surface area contributed by atoms with Crippen molar-refractivity contribution in [2.75, 3.05) is 25.6 Å². The SMILES string of the molecule is CCCCCCCC/C=C/CCCCCCCC(=O)Nc1[nH]c(=O)ncc1[C@H]1O[C@H](COP(=O)(NC(COC)C[C@H](C)C=O)N[C@@H](CC(C)C)C(=O)O)[C@@H](O)[C@@H]1O. The fourth-order valence-electron chi connectivity index (χ4n) is 6.70. The summed E-state index contributed by atoms with van der Waals surface area (Å²) in [6.07, 6.45) is 15.9. The van der Waals surface area contributed by atoms with E-state index in [9.17, 15) is 39.1 Å². The van der Waals surface area contributed by atoms with Crippen LogP contribution in [-0.4, -0.2) is 94.2 Å². The number of aliphatic carboxylic acids is 1. The Kier molecular flexibility index (Phi) is 24.5. The molecule has 1 saturated heterocycles. The van der Waals surface area contributed by atoms with Crippen LogP contribution < -0.4 is 21.2 Å². The number of carbonyl (C=O) groups excluding carboxylic acids is 2. The van der Waals surface area contributed by atoms with Crippen molar-refractivity contribution < 1.29 is 48.3 Å². The molecule has 7 N–H and O–H groups in total. The van der Waals surface area contributed by atoms with E-state index in [1.807, 2.05) is 13.8 Å². The number of rotatable bonds is 32. The van der Waals surface area contributed by atoms with Crippen molar-refractivity contribution in [3.63, 3.8) is 0 Å². The summed E-state index contributed by atoms with van der Waals surface area (Å²) in [5, 5.41) is 40.0. The topological polar surface area (TPSA) is 238 Å². The average Bonchev–Trinajstić information content (AvgIpc) is 3.43. The lowest BCUT2D eigenvalue weighted by Crippen LogP contribution is -2.44. The minimum Gasteiger partial charge on any atom is -0.480 e. The average molecular weight is 828 g/mol. The Balaban J connectivity index is 2.00. The Labute approximate surface area is 338 Å². The summed E-state index contributed by atoms with van der Waals surface area (Å²) in [5.41, 5.74) is -0.642. The van der Waals surface area contributed by atoms with Crippen molar-refractivity contribution >= 4 is 31.7 Å². The second-order valence-corrected chi connectivity index (χ2v) is 17.5. The predicted molar refractivity (Wildman–Crippen MR) is 219 cm³/mol. The third-order valence-corrected chi connectivity index (χ3v) is 11.7. The summed E-state index contributed by atoms with van der Waals surface area (Å²) in [4.78, 5) is 54.8. The largest absolute Gasteiger partial charge is 0.480 e. The molecule has 2 unspecified atom stereocenters. The van der Waals surface area contributed by atoms with Crippen LogP contribution in [0.25, 0.3) is 0 Å². The van der Waals surface area contributed by atoms with Gasteiger partial charge in [-0.25, -0.2) is 20.0 Å². The lowest BCUT2D eigenvalue weighted by molar-refractivity contribution is -0.139. The molecular formula is C40H70N5O11P. The fourth-order valence-corrected chi connectivity index (χ4v) is 8.57. The third-order valence-electron chi connectivity index (χ3n) is 9.80. The minimum absolute atomic E-state index is 0.0173. The number of nitrogens with one attached hydrogen (secondary N) is 4. The highest BCUT2D eigenvalue weighted by molar-refractivity contribution is 7.54. The second kappa shape index (κ2) is 27.8. The zero-order chi connectivity index (χ0) is 42.2. The molecule has 0 aromatic carbocycles. The van der Waals surface area contributed by atoms with Crippen molar-refractivity contribution in [2.45, 2.75) is 167 Å². The molecule has 0 radical (unpaired) electrons. The number of ether oxygens (including phenoxy) is 2. The van der Waals surface area contributed by atoms with Crippen LogP contribution >= 0.6 is 7.67 Å². The highest BCUT2D eigenvalue weighted by atomic mass is 31.2. The maximum Gasteiger partial charge on any atom is 0.346 e. The number of carboxylic acids is 1. The lowest BCUT2D eigenvalue weighted by Gasteiger charge is -2.30. The van der Waals surface area contributed by atoms with Gasteiger partial charge in [-0.3, -0.25) is 19.1 Å². The summed E-state index contributed by atoms with van der Waals surface area (Å²) in [5.74, 6) is -2.19. The summed E-state index contributed by atoms with van der Waals surface area (Å²) < 4.78 is 31.3. The van der Waals surface area contributed by atoms with Gasteiger partial charge in [0.05, 0.1) is 13.2 Å². The maximum atomic E-state index is 14.3. The molecule has 1 aromatic rings. The number of aromatic amines is 1. The van der Waals surface area contributed by atoms with Crippen LogP contribution in [0.3, 0.4) is 0 Å². The predicted octanol–water partition coefficient (Wildman–Crippen LogP) is 5.95. The van der Waals surface area contributed by atoms with Gasteiger partial charge in [-0.05, 0) is 50.9 Å². The molecule has 1 fully saturated rings. The van der Waals surface area contributed by atoms with E-state index in [4.69, 9.17) is 14.0 Å². The van der Waals surface area contributed by atoms with E-state index in [-0.39, 0.29) is 49.1 Å². The monoisotopic (exact) mass is 827 g/mol. The molecule has 0 aliphatic carbocycles. The number of hydrogen-bond donors (Lipinski definition) is 7. The van der Waals surface area contributed by atoms with E-state index in [1.165, 1.54) is 45.6 Å². The van der Waals surface area contributed by atoms with Gasteiger partial charge >= 0.3 is 19.3 Å². The molecule has 0 bridgehead atoms. The molecule has 1 aliphatic rings. The van der Waals surface area contributed by atoms with Crippen molar-refractivity contribution in [1.29, 1.82) is 0 Å². The van der Waals surface area contributed by atoms with Gasteiger partial charge in [0, 0.05) is 37.3 Å². The number of methoxy groups -OCH3 is 1. The van der Waals surface area contributed by atoms with Crippen LogP contribution in [0.15, 0.2) is 23.1 Å². The first-order chi connectivity index (χ1) is 27.2. The smallest absolute Gasteiger partial charge is 0.346 e. The number of aliphatic hydroxyl groups excluding tert-OH is 2. The number of aldehydes is 1. The summed E-state index contributed by atoms with van der Waals surface area (Å²) in [7, 11) is -2.84. The van der Waals surface area contributed by atoms with E-state index < -0.39 is 68.4 Å². The molecule has 2 heterocycles. The Hall–Kier alpha value is -2.82. The number of anilines is 1. The summed E-state index contributed by atoms with van der Waals surface area (Å²) >= 11 is 0. The molecule has 1 amide bonds. The molecule has 0 saturated carbocycles. The molecule has 0 spiro atoms. The minimum atomic E-state index is -4.26. The van der Waals surface area contributed by atoms with Gasteiger partial charge in [0.1, 0.15) is 42.6 Å². The first-order valence-corrected chi connectivity index (χ1v) is 22.4. The van der Waals surface area contributed by atoms with Crippen LogP contribution in [0.5, 0.6) is 0 Å². The molecule has 16 nitrogen and oxygen atoms in total. The standard InChI is InChI=1S/C40H70N5O11P/c1-6-7-8-9-10-11-12-13-14-15-16-17-18-19-20-21-34(47)42-38-31(24-41-40(52)43-38)37-36(49)35(48)33(56-37)27-55-57(53,45-32(39(50)51)22-28(2)3)44-30(26-54-5)23-29(4)25-46/h13-14,24-25,28-30,32-33,35-37,48-49H,6-12,15-23,26-27H2,1-5H3,(H,50,51)(H2,44,45,53)(H2,41,42,43,47,52)/b14-13+/t29-,30?,32-,33+,35+,36-,37+,57?/m0/s1. The summed E-state index contributed by atoms with van der Waals surface area (Å²) in [6, 6.07) is -1.98. The Morgan fingerprint density at radius 3 is 2.19 bits per heavy atom. The number of aromatic nitrogens is 2. The maximum absolute atomic E-state index is 14.3. The van der Waals surface area contributed by atoms with E-state index in [0.717, 1.165) is 51.0 Å². The molecular weight excluding hydrogens is 757 g/mol. The number of unbranched alkanes of at least 4 members (excludes halogenated alkanes) is 11. The van der Waals surface area contributed by atoms with Gasteiger partial charge in [0.15, 0.2) is 0 Å². The lowest BCUT2D eigenvalue weighted by atomic mass is 10.0. The van der Waals surface area contributed by atoms with Crippen molar-refractivity contribution in [3.05, 3.63) is 34.4 Å². The van der Waals surface area contributed by atoms with Gasteiger partial charge in [-0.1, -0.05) is 91.2 Å². The Morgan fingerprint density at radius 1 is 0.965 bits per heavy atom. The number of allylic oxidation sites excluding steroid dienone is 2. The number of aliphatic hydroxyl groups is 2. The first-order valence-electron chi connectivity index (χ1n) is 20.8. The van der Waals surface area contributed by atoms with Crippen LogP contribution in [0.2, 0.25) is 0 Å². The second-order valence-electron chi connectivity index (χ2n) is 15.6. The number of amides is 1. The van der Waals surface area contributed by atoms with Crippen LogP contribution in [-0.2, 0) is 32.9 Å². The van der Waals surface area contributed by atoms with Gasteiger partial charge in [-0.15, -0.1) is 0 Å². The van der Waals surface area contributed by atoms with E-state index in [1.54, 1.807) is 6.92 Å². The third kappa shape index (κ3) is 19.7. The van der Waals surface area contributed by atoms with Crippen LogP contribution in [0.4, 0.5) is 5.82 Å². The quantitative estimate of drug-likeness (QED) is 0.0192. The first kappa shape index (κ1) is 50.3. The van der Waals surface area contributed by atoms with E-state index in [0.29, 0.717) is 6.42 Å². The van der Waals surface area contributed by atoms with Gasteiger partial charge in [-0.2, -0.15) is 0 Å². The van der Waals surface area contributed by atoms with Gasteiger partial charge < -0.3 is 39.4 Å². The van der Waals surface area contributed by atoms with Crippen molar-refractivity contribution in [1.82, 2.24) is 20.1 Å². The molecule has 2 rings (SSSR count). The number of hydrogen-bond acceptors (Lipinski definition) is 11. The van der Waals surface area contributed by atoms with E-state index >= 15 is 0 Å². The normalized spacial score (nSPS) is 21.1. The number of carboxylic acid groups (broad SMARTS) is 1. The number of nitrogens with zero attached hydrogens (tertiary/aromatic N) is 1. The van der Waals surface area contributed by atoms with Crippen LogP contribution in [0, 0.1) is 11.8 Å². The van der Waals surface area contributed by atoms with Crippen molar-refractivity contribution in [2.24, 2.45) is 11.8 Å². The Morgan fingerprint density at radius 2 is 1.60 bits per heavy atom. The number of carbonyl (C=O) groups is 3. The van der Waals surface area contributed by atoms with Crippen LogP contribution in [0.1, 0.15) is 142 Å². The van der Waals surface area contributed by atoms with E-state index in [2.05, 4.69) is 44.5 Å². The Bertz CT molecular complexity index is 1460. The molecule has 8 atom stereocenters. The van der Waals surface area contributed by atoms with Crippen molar-refractivity contribution in [3.8, 4) is 0 Å². The molecule has 1 aliphatic heterocycles. The summed E-state index contributed by atoms with van der Waals surface area (Å²) in [6.45, 7) is 6.96. The zero-order valence-electron chi connectivity index (χ0n) is 34.7. The zero-order valence-corrected chi connectivity index (χ0v) is 35.6. The molecule has 57 heavy (non-hydrogen) atoms. The molecule has 1 aromatic heterocycles. The highest BCUT2D eigenvalue weighted by Crippen LogP contribution is 2.43. The number of H-pyrrole nitrogens is 1. The van der Waals surface area contributed by atoms with Gasteiger partial charge in [0.2, 0.25) is 5.91 Å².